The van der Waals surface area contributed by atoms with Gasteiger partial charge < -0.3 is 50.6 Å². The van der Waals surface area contributed by atoms with Crippen LogP contribution >= 0.6 is 0 Å². The van der Waals surface area contributed by atoms with Gasteiger partial charge in [0.1, 0.15) is 0 Å². The molecule has 0 aromatic heterocycles. The summed E-state index contributed by atoms with van der Waals surface area (Å²) >= 11 is 0. The molecule has 0 aromatic carbocycles. The molecular formula is C8H22CoN6O10+2. The van der Waals surface area contributed by atoms with Crippen molar-refractivity contribution in [2.24, 2.45) is 22.9 Å². The molecule has 0 heterocycles. The normalized spacial score (nSPS) is 6.40. The summed E-state index contributed by atoms with van der Waals surface area (Å²) in [5.74, 6) is -6.67. The third-order valence-electron chi connectivity index (χ3n) is 0.577. The number of hydrogen-bond acceptors (Lipinski definition) is 8. The van der Waals surface area contributed by atoms with Crippen molar-refractivity contribution in [1.29, 1.82) is 0 Å². The fourth-order valence-corrected chi connectivity index (χ4v) is 0.236. The van der Waals surface area contributed by atoms with Gasteiger partial charge in [0.05, 0.1) is 0 Å². The van der Waals surface area contributed by atoms with Gasteiger partial charge in [-0.05, 0) is 0 Å². The number of carbonyl (C=O) groups is 4. The first-order valence-corrected chi connectivity index (χ1v) is 4.78. The zero-order chi connectivity index (χ0) is 18.9. The van der Waals surface area contributed by atoms with Crippen LogP contribution in [0.5, 0.6) is 0 Å². The molecule has 25 heavy (non-hydrogen) atoms. The van der Waals surface area contributed by atoms with Crippen molar-refractivity contribution >= 4 is 35.8 Å². The number of carboxylic acids is 4. The van der Waals surface area contributed by atoms with E-state index < -0.39 is 36.7 Å². The fraction of sp³-hybridized carbons (Fsp3) is 0.250. The maximum Gasteiger partial charge on any atom is 2.00 e. The van der Waals surface area contributed by atoms with Crippen molar-refractivity contribution in [3.05, 3.63) is 0 Å². The predicted molar refractivity (Wildman–Crippen MR) is 69.6 cm³/mol. The summed E-state index contributed by atoms with van der Waals surface area (Å²) < 4.78 is 0. The number of carbonyl (C=O) groups excluding carboxylic acids is 4. The van der Waals surface area contributed by atoms with Gasteiger partial charge in [-0.2, -0.15) is 0 Å². The quantitative estimate of drug-likeness (QED) is 0.107. The van der Waals surface area contributed by atoms with Gasteiger partial charge in [0.25, 0.3) is 0 Å². The Hall–Kier alpha value is -3.15. The third-order valence-corrected chi connectivity index (χ3v) is 0.577. The molecule has 18 N–H and O–H groups in total. The van der Waals surface area contributed by atoms with Crippen molar-refractivity contribution in [2.75, 3.05) is 0 Å². The molecule has 17 heteroatoms. The smallest absolute Gasteiger partial charge is 0.550 e. The summed E-state index contributed by atoms with van der Waals surface area (Å²) in [7, 11) is 0. The number of guanidine groups is 2. The van der Waals surface area contributed by atoms with E-state index >= 15 is 0 Å². The molecule has 0 unspecified atom stereocenters. The van der Waals surface area contributed by atoms with Crippen LogP contribution in [-0.2, 0) is 46.9 Å². The van der Waals surface area contributed by atoms with Crippen molar-refractivity contribution in [1.82, 2.24) is 0 Å². The molecule has 0 amide bonds. The van der Waals surface area contributed by atoms with Gasteiger partial charge in [0, 0.05) is 36.7 Å². The third kappa shape index (κ3) is 315. The number of aliphatic carboxylic acids is 4. The van der Waals surface area contributed by atoms with Crippen LogP contribution in [0.1, 0.15) is 12.8 Å². The second-order valence-electron chi connectivity index (χ2n) is 2.84. The minimum atomic E-state index is -1.63. The average Bonchev–Trinajstić information content (AvgIpc) is 2.10. The molecule has 0 bridgehead atoms. The van der Waals surface area contributed by atoms with E-state index in [0.29, 0.717) is 0 Å². The molecule has 1 radical (unpaired) electrons. The van der Waals surface area contributed by atoms with Gasteiger partial charge in [0.2, 0.25) is 0 Å². The zero-order valence-electron chi connectivity index (χ0n) is 12.6. The Labute approximate surface area is 150 Å². The molecule has 0 rings (SSSR count). The summed E-state index contributed by atoms with van der Waals surface area (Å²) in [6, 6.07) is 0. The van der Waals surface area contributed by atoms with E-state index in [1.807, 2.05) is 0 Å². The second kappa shape index (κ2) is 28.9. The second-order valence-corrected chi connectivity index (χ2v) is 2.84. The van der Waals surface area contributed by atoms with Gasteiger partial charge in [0.15, 0.2) is 0 Å². The van der Waals surface area contributed by atoms with Crippen LogP contribution in [0.2, 0.25) is 0 Å². The number of rotatable bonds is 4. The Morgan fingerprint density at radius 1 is 0.600 bits per heavy atom. The number of carboxylic acid groups (broad SMARTS) is 4. The van der Waals surface area contributed by atoms with Crippen LogP contribution in [0.4, 0.5) is 0 Å². The standard InChI is InChI=1S/2C3H4O4.2CH5N3.Co.2H2O/c2*4-2(5)1-3(6)7;2*2-1(3)4;;;/h2*1H2,(H,4,5)(H,6,7);2*(H5,2,3,4);;2*1H2/q;;;;+2;;. The van der Waals surface area contributed by atoms with Crippen LogP contribution in [0, 0.1) is 0 Å². The molecule has 0 aliphatic rings. The van der Waals surface area contributed by atoms with Crippen molar-refractivity contribution < 1.29 is 78.2 Å². The van der Waals surface area contributed by atoms with Crippen molar-refractivity contribution in [3.8, 4) is 0 Å². The van der Waals surface area contributed by atoms with Crippen molar-refractivity contribution in [3.63, 3.8) is 0 Å². The van der Waals surface area contributed by atoms with Crippen LogP contribution in [0.3, 0.4) is 0 Å². The topological polar surface area (TPSA) is 382 Å². The van der Waals surface area contributed by atoms with Gasteiger partial charge in [-0.3, -0.25) is 33.8 Å². The van der Waals surface area contributed by atoms with E-state index in [1.54, 1.807) is 0 Å². The summed E-state index contributed by atoms with van der Waals surface area (Å²) in [5.41, 5.74) is 18.3. The Morgan fingerprint density at radius 2 is 0.680 bits per heavy atom. The number of hydrogen-bond donors (Lipinski definition) is 6. The maximum absolute atomic E-state index is 9.28. The first-order chi connectivity index (χ1) is 9.72. The Kier molecular flexibility index (Phi) is 49.8. The molecular weight excluding hydrogens is 399 g/mol. The van der Waals surface area contributed by atoms with Gasteiger partial charge in [-0.1, -0.05) is 0 Å². The molecule has 0 aromatic rings. The van der Waals surface area contributed by atoms with Crippen molar-refractivity contribution in [2.45, 2.75) is 12.8 Å². The summed E-state index contributed by atoms with van der Waals surface area (Å²) in [5, 5.41) is 46.3. The maximum atomic E-state index is 9.28. The van der Waals surface area contributed by atoms with E-state index in [2.05, 4.69) is 33.8 Å². The summed E-state index contributed by atoms with van der Waals surface area (Å²) in [6.07, 6.45) is -2.06. The molecule has 0 fully saturated rings. The number of nitrogens with two attached hydrogens (primary N) is 6. The molecule has 151 valence electrons. The monoisotopic (exact) mass is 421 g/mol. The van der Waals surface area contributed by atoms with E-state index in [-0.39, 0.29) is 39.7 Å². The average molecular weight is 421 g/mol. The predicted octanol–water partition coefficient (Wildman–Crippen LogP) is -14.1. The summed E-state index contributed by atoms with van der Waals surface area (Å²) in [6.45, 7) is 0. The molecule has 16 nitrogen and oxygen atoms in total. The van der Waals surface area contributed by atoms with Crippen LogP contribution in [0.25, 0.3) is 0 Å². The van der Waals surface area contributed by atoms with E-state index in [0.717, 1.165) is 0 Å². The Bertz CT molecular complexity index is 348. The largest absolute Gasteiger partial charge is 2.00 e. The van der Waals surface area contributed by atoms with Crippen LogP contribution in [0.15, 0.2) is 0 Å². The molecule has 0 aliphatic heterocycles. The minimum Gasteiger partial charge on any atom is -0.550 e. The Balaban J connectivity index is -0.0000000343. The molecule has 0 saturated heterocycles. The molecule has 0 saturated carbocycles. The van der Waals surface area contributed by atoms with E-state index in [1.165, 1.54) is 0 Å². The first kappa shape index (κ1) is 43.1. The van der Waals surface area contributed by atoms with E-state index in [9.17, 15) is 39.6 Å². The SMILES string of the molecule is NC(N)=[NH2+].NC(N)=[NH2+].O=C([O-])CC(=O)[O-].O=C([O-])CC(=O)[O-].[Co+2].[OH3+].[OH3+]. The zero-order valence-corrected chi connectivity index (χ0v) is 13.7. The van der Waals surface area contributed by atoms with Gasteiger partial charge >= 0.3 is 28.7 Å². The first-order valence-electron chi connectivity index (χ1n) is 4.78. The van der Waals surface area contributed by atoms with E-state index in [4.69, 9.17) is 0 Å². The molecule has 0 atom stereocenters. The molecule has 0 aliphatic carbocycles. The van der Waals surface area contributed by atoms with Crippen LogP contribution in [-0.4, -0.2) is 35.8 Å². The Morgan fingerprint density at radius 3 is 0.680 bits per heavy atom. The van der Waals surface area contributed by atoms with Crippen LogP contribution < -0.4 is 54.2 Å². The molecule has 0 spiro atoms. The fourth-order valence-electron chi connectivity index (χ4n) is 0.236. The van der Waals surface area contributed by atoms with Gasteiger partial charge in [-0.15, -0.1) is 0 Å². The summed E-state index contributed by atoms with van der Waals surface area (Å²) in [4.78, 5) is 37.1. The minimum absolute atomic E-state index is 0. The van der Waals surface area contributed by atoms with Gasteiger partial charge in [-0.25, -0.2) is 0 Å².